The van der Waals surface area contributed by atoms with E-state index in [9.17, 15) is 9.90 Å². The average molecular weight is 356 g/mol. The molecule has 26 heavy (non-hydrogen) atoms. The first-order valence-electron chi connectivity index (χ1n) is 9.22. The number of nitrogens with zero attached hydrogens (tertiary/aromatic N) is 2. The highest BCUT2D eigenvalue weighted by atomic mass is 16.5. The van der Waals surface area contributed by atoms with Crippen molar-refractivity contribution in [1.82, 2.24) is 9.88 Å². The van der Waals surface area contributed by atoms with Crippen LogP contribution < -0.4 is 4.74 Å². The van der Waals surface area contributed by atoms with Crippen molar-refractivity contribution in [3.8, 4) is 5.75 Å². The van der Waals surface area contributed by atoms with Gasteiger partial charge in [0.2, 0.25) is 5.60 Å². The number of ether oxygens (including phenoxy) is 2. The summed E-state index contributed by atoms with van der Waals surface area (Å²) < 4.78 is 11.5. The number of carboxylic acids is 1. The van der Waals surface area contributed by atoms with Gasteiger partial charge in [0.1, 0.15) is 5.75 Å². The molecule has 1 aromatic carbocycles. The number of hydrogen-bond donors (Lipinski definition) is 1. The van der Waals surface area contributed by atoms with E-state index in [1.807, 2.05) is 30.3 Å². The van der Waals surface area contributed by atoms with Crippen LogP contribution in [0.5, 0.6) is 5.75 Å². The van der Waals surface area contributed by atoms with Crippen LogP contribution in [0.2, 0.25) is 0 Å². The van der Waals surface area contributed by atoms with Crippen molar-refractivity contribution < 1.29 is 19.4 Å². The summed E-state index contributed by atoms with van der Waals surface area (Å²) in [6.07, 6.45) is 3.82. The SMILES string of the molecule is O=C(O)C1(Oc2ccc3ncccc3c2)CCN(CC2CCOC2)CC1. The number of pyridine rings is 1. The molecule has 0 bridgehead atoms. The van der Waals surface area contributed by atoms with Crippen LogP contribution in [0, 0.1) is 5.92 Å². The Morgan fingerprint density at radius 1 is 1.35 bits per heavy atom. The first-order valence-corrected chi connectivity index (χ1v) is 9.22. The summed E-state index contributed by atoms with van der Waals surface area (Å²) in [6.45, 7) is 4.12. The van der Waals surface area contributed by atoms with Crippen molar-refractivity contribution >= 4 is 16.9 Å². The zero-order valence-corrected chi connectivity index (χ0v) is 14.8. The van der Waals surface area contributed by atoms with Crippen LogP contribution >= 0.6 is 0 Å². The van der Waals surface area contributed by atoms with E-state index in [2.05, 4.69) is 9.88 Å². The molecule has 0 spiro atoms. The number of fused-ring (bicyclic) bond motifs is 1. The molecule has 6 nitrogen and oxygen atoms in total. The minimum atomic E-state index is -1.15. The van der Waals surface area contributed by atoms with E-state index in [4.69, 9.17) is 9.47 Å². The number of hydrogen-bond acceptors (Lipinski definition) is 5. The lowest BCUT2D eigenvalue weighted by molar-refractivity contribution is -0.159. The quantitative estimate of drug-likeness (QED) is 0.888. The fourth-order valence-electron chi connectivity index (χ4n) is 3.89. The summed E-state index contributed by atoms with van der Waals surface area (Å²) in [7, 11) is 0. The summed E-state index contributed by atoms with van der Waals surface area (Å²) in [5, 5.41) is 10.8. The summed E-state index contributed by atoms with van der Waals surface area (Å²) in [6, 6.07) is 9.37. The predicted molar refractivity (Wildman–Crippen MR) is 97.3 cm³/mol. The van der Waals surface area contributed by atoms with Gasteiger partial charge in [-0.3, -0.25) is 4.98 Å². The molecule has 0 saturated carbocycles. The van der Waals surface area contributed by atoms with Gasteiger partial charge in [0, 0.05) is 50.7 Å². The molecule has 2 saturated heterocycles. The first kappa shape index (κ1) is 17.2. The smallest absolute Gasteiger partial charge is 0.348 e. The Balaban J connectivity index is 1.45. The highest BCUT2D eigenvalue weighted by Crippen LogP contribution is 2.31. The fraction of sp³-hybridized carbons (Fsp3) is 0.500. The van der Waals surface area contributed by atoms with Gasteiger partial charge in [-0.05, 0) is 36.6 Å². The lowest BCUT2D eigenvalue weighted by Gasteiger charge is -2.39. The maximum absolute atomic E-state index is 12.0. The van der Waals surface area contributed by atoms with E-state index in [1.54, 1.807) is 6.20 Å². The van der Waals surface area contributed by atoms with Crippen LogP contribution in [0.1, 0.15) is 19.3 Å². The fourth-order valence-corrected chi connectivity index (χ4v) is 3.89. The zero-order chi connectivity index (χ0) is 18.0. The van der Waals surface area contributed by atoms with E-state index in [-0.39, 0.29) is 0 Å². The maximum atomic E-state index is 12.0. The van der Waals surface area contributed by atoms with Crippen LogP contribution in [0.25, 0.3) is 10.9 Å². The van der Waals surface area contributed by atoms with Crippen molar-refractivity contribution in [1.29, 1.82) is 0 Å². The minimum Gasteiger partial charge on any atom is -0.478 e. The number of likely N-dealkylation sites (tertiary alicyclic amines) is 1. The molecule has 0 radical (unpaired) electrons. The van der Waals surface area contributed by atoms with Crippen molar-refractivity contribution in [2.45, 2.75) is 24.9 Å². The standard InChI is InChI=1S/C20H24N2O4/c23-19(24)20(6-9-22(10-7-20)13-15-5-11-25-14-15)26-17-3-4-18-16(12-17)2-1-8-21-18/h1-4,8,12,15H,5-7,9-11,13-14H2,(H,23,24). The van der Waals surface area contributed by atoms with Crippen molar-refractivity contribution in [3.05, 3.63) is 36.5 Å². The van der Waals surface area contributed by atoms with E-state index in [0.29, 0.717) is 24.5 Å². The Labute approximate surface area is 152 Å². The molecule has 0 aliphatic carbocycles. The lowest BCUT2D eigenvalue weighted by Crippen LogP contribution is -2.53. The number of aliphatic carboxylic acids is 1. The van der Waals surface area contributed by atoms with Gasteiger partial charge < -0.3 is 19.5 Å². The second-order valence-corrected chi connectivity index (χ2v) is 7.29. The highest BCUT2D eigenvalue weighted by molar-refractivity contribution is 5.81. The average Bonchev–Trinajstić information content (AvgIpc) is 3.16. The number of carbonyl (C=O) groups is 1. The number of carboxylic acid groups (broad SMARTS) is 1. The Hall–Kier alpha value is -2.18. The van der Waals surface area contributed by atoms with Crippen molar-refractivity contribution in [3.63, 3.8) is 0 Å². The summed E-state index contributed by atoms with van der Waals surface area (Å²) in [4.78, 5) is 18.7. The molecule has 1 aromatic heterocycles. The van der Waals surface area contributed by atoms with Gasteiger partial charge in [-0.25, -0.2) is 4.79 Å². The van der Waals surface area contributed by atoms with Crippen molar-refractivity contribution in [2.24, 2.45) is 5.92 Å². The van der Waals surface area contributed by atoms with E-state index in [0.717, 1.165) is 50.2 Å². The highest BCUT2D eigenvalue weighted by Gasteiger charge is 2.44. The summed E-state index contributed by atoms with van der Waals surface area (Å²) in [5.74, 6) is 0.277. The molecule has 1 unspecified atom stereocenters. The molecule has 4 rings (SSSR count). The lowest BCUT2D eigenvalue weighted by atomic mass is 9.90. The Morgan fingerprint density at radius 3 is 2.92 bits per heavy atom. The van der Waals surface area contributed by atoms with E-state index < -0.39 is 11.6 Å². The Kier molecular flexibility index (Phi) is 4.78. The molecule has 0 amide bonds. The van der Waals surface area contributed by atoms with Crippen molar-refractivity contribution in [2.75, 3.05) is 32.8 Å². The number of aromatic nitrogens is 1. The molecule has 2 aromatic rings. The largest absolute Gasteiger partial charge is 0.478 e. The van der Waals surface area contributed by atoms with Crippen LogP contribution in [-0.4, -0.2) is 59.4 Å². The minimum absolute atomic E-state index is 0.487. The van der Waals surface area contributed by atoms with Crippen LogP contribution in [0.3, 0.4) is 0 Å². The maximum Gasteiger partial charge on any atom is 0.348 e. The predicted octanol–water partition coefficient (Wildman–Crippen LogP) is 2.57. The van der Waals surface area contributed by atoms with Crippen LogP contribution in [0.4, 0.5) is 0 Å². The van der Waals surface area contributed by atoms with Gasteiger partial charge >= 0.3 is 5.97 Å². The third-order valence-electron chi connectivity index (χ3n) is 5.48. The van der Waals surface area contributed by atoms with Gasteiger partial charge in [-0.2, -0.15) is 0 Å². The third kappa shape index (κ3) is 3.52. The molecule has 138 valence electrons. The van der Waals surface area contributed by atoms with Gasteiger partial charge in [0.25, 0.3) is 0 Å². The Morgan fingerprint density at radius 2 is 2.19 bits per heavy atom. The number of rotatable bonds is 5. The summed E-state index contributed by atoms with van der Waals surface area (Å²) in [5.41, 5.74) is -0.281. The molecule has 1 atom stereocenters. The van der Waals surface area contributed by atoms with Gasteiger partial charge in [0.05, 0.1) is 12.1 Å². The normalized spacial score (nSPS) is 23.2. The topological polar surface area (TPSA) is 71.9 Å². The number of benzene rings is 1. The van der Waals surface area contributed by atoms with Gasteiger partial charge in [-0.1, -0.05) is 6.07 Å². The van der Waals surface area contributed by atoms with E-state index >= 15 is 0 Å². The monoisotopic (exact) mass is 356 g/mol. The zero-order valence-electron chi connectivity index (χ0n) is 14.8. The molecular weight excluding hydrogens is 332 g/mol. The van der Waals surface area contributed by atoms with Crippen LogP contribution in [0.15, 0.2) is 36.5 Å². The molecule has 2 fully saturated rings. The number of piperidine rings is 1. The molecule has 6 heteroatoms. The Bertz CT molecular complexity index is 780. The van der Waals surface area contributed by atoms with Gasteiger partial charge in [-0.15, -0.1) is 0 Å². The second kappa shape index (κ2) is 7.21. The molecule has 3 heterocycles. The third-order valence-corrected chi connectivity index (χ3v) is 5.48. The molecule has 2 aliphatic heterocycles. The molecule has 2 aliphatic rings. The second-order valence-electron chi connectivity index (χ2n) is 7.29. The van der Waals surface area contributed by atoms with Gasteiger partial charge in [0.15, 0.2) is 0 Å². The molecular formula is C20H24N2O4. The first-order chi connectivity index (χ1) is 12.6. The van der Waals surface area contributed by atoms with E-state index in [1.165, 1.54) is 0 Å². The summed E-state index contributed by atoms with van der Waals surface area (Å²) >= 11 is 0. The van der Waals surface area contributed by atoms with Crippen LogP contribution in [-0.2, 0) is 9.53 Å². The molecule has 1 N–H and O–H groups in total.